The molecule has 1 aliphatic heterocycles. The Labute approximate surface area is 90.9 Å². The van der Waals surface area contributed by atoms with Crippen molar-refractivity contribution in [3.8, 4) is 0 Å². The van der Waals surface area contributed by atoms with E-state index >= 15 is 0 Å². The van der Waals surface area contributed by atoms with Crippen LogP contribution in [0.5, 0.6) is 0 Å². The topological polar surface area (TPSA) is 43.4 Å². The lowest BCUT2D eigenvalue weighted by atomic mass is 10.2. The Morgan fingerprint density at radius 2 is 2.00 bits per heavy atom. The molecule has 2 heterocycles. The molecule has 0 aromatic carbocycles. The van der Waals surface area contributed by atoms with E-state index < -0.39 is 12.7 Å². The lowest BCUT2D eigenvalue weighted by Gasteiger charge is -2.14. The summed E-state index contributed by atoms with van der Waals surface area (Å²) in [4.78, 5) is 4.01. The molecule has 4 nitrogen and oxygen atoms in total. The SMILES string of the molecule is CNc1ccc(C(F)F)c(C2OC=CO2)n1. The molecule has 0 atom stereocenters. The molecular weight excluding hydrogens is 218 g/mol. The van der Waals surface area contributed by atoms with E-state index in [1.54, 1.807) is 7.05 Å². The van der Waals surface area contributed by atoms with Crippen LogP contribution in [0, 0.1) is 0 Å². The van der Waals surface area contributed by atoms with Crippen molar-refractivity contribution in [1.29, 1.82) is 0 Å². The van der Waals surface area contributed by atoms with Crippen molar-refractivity contribution in [2.75, 3.05) is 12.4 Å². The van der Waals surface area contributed by atoms with Gasteiger partial charge in [0, 0.05) is 12.6 Å². The summed E-state index contributed by atoms with van der Waals surface area (Å²) >= 11 is 0. The van der Waals surface area contributed by atoms with E-state index in [-0.39, 0.29) is 11.3 Å². The maximum absolute atomic E-state index is 12.7. The molecule has 0 fully saturated rings. The minimum absolute atomic E-state index is 0.0897. The summed E-state index contributed by atoms with van der Waals surface area (Å²) in [6.07, 6.45) is -0.903. The fraction of sp³-hybridized carbons (Fsp3) is 0.300. The van der Waals surface area contributed by atoms with Gasteiger partial charge in [0.05, 0.1) is 0 Å². The summed E-state index contributed by atoms with van der Waals surface area (Å²) in [5, 5.41) is 2.77. The van der Waals surface area contributed by atoms with Crippen LogP contribution in [0.4, 0.5) is 14.6 Å². The molecule has 1 aromatic heterocycles. The molecule has 16 heavy (non-hydrogen) atoms. The molecule has 0 amide bonds. The minimum Gasteiger partial charge on any atom is -0.454 e. The van der Waals surface area contributed by atoms with E-state index in [1.165, 1.54) is 24.7 Å². The van der Waals surface area contributed by atoms with Crippen LogP contribution in [-0.2, 0) is 9.47 Å². The van der Waals surface area contributed by atoms with Crippen LogP contribution in [0.2, 0.25) is 0 Å². The highest BCUT2D eigenvalue weighted by atomic mass is 19.3. The van der Waals surface area contributed by atoms with E-state index in [0.717, 1.165) is 0 Å². The third kappa shape index (κ3) is 1.91. The van der Waals surface area contributed by atoms with E-state index in [4.69, 9.17) is 9.47 Å². The number of anilines is 1. The molecule has 6 heteroatoms. The van der Waals surface area contributed by atoms with Crippen LogP contribution in [0.1, 0.15) is 24.0 Å². The second kappa shape index (κ2) is 4.34. The Morgan fingerprint density at radius 1 is 1.31 bits per heavy atom. The van der Waals surface area contributed by atoms with Gasteiger partial charge >= 0.3 is 0 Å². The zero-order chi connectivity index (χ0) is 11.5. The molecule has 0 saturated heterocycles. The van der Waals surface area contributed by atoms with Crippen molar-refractivity contribution in [2.45, 2.75) is 12.7 Å². The number of halogens is 2. The van der Waals surface area contributed by atoms with Gasteiger partial charge in [-0.2, -0.15) is 0 Å². The highest BCUT2D eigenvalue weighted by Crippen LogP contribution is 2.31. The van der Waals surface area contributed by atoms with Crippen LogP contribution in [0.3, 0.4) is 0 Å². The summed E-state index contributed by atoms with van der Waals surface area (Å²) < 4.78 is 35.5. The predicted molar refractivity (Wildman–Crippen MR) is 52.8 cm³/mol. The first-order chi connectivity index (χ1) is 7.72. The second-order valence-corrected chi connectivity index (χ2v) is 3.10. The zero-order valence-electron chi connectivity index (χ0n) is 8.48. The van der Waals surface area contributed by atoms with Gasteiger partial charge in [-0.05, 0) is 12.1 Å². The van der Waals surface area contributed by atoms with Gasteiger partial charge in [-0.3, -0.25) is 0 Å². The molecule has 1 N–H and O–H groups in total. The Kier molecular flexibility index (Phi) is 2.89. The van der Waals surface area contributed by atoms with Gasteiger partial charge in [0.25, 0.3) is 12.7 Å². The number of hydrogen-bond acceptors (Lipinski definition) is 4. The monoisotopic (exact) mass is 228 g/mol. The summed E-state index contributed by atoms with van der Waals surface area (Å²) in [7, 11) is 1.66. The first-order valence-electron chi connectivity index (χ1n) is 4.65. The van der Waals surface area contributed by atoms with Gasteiger partial charge in [0.1, 0.15) is 24.0 Å². The van der Waals surface area contributed by atoms with Crippen LogP contribution in [-0.4, -0.2) is 12.0 Å². The number of rotatable bonds is 3. The molecule has 0 unspecified atom stereocenters. The molecule has 1 aromatic rings. The van der Waals surface area contributed by atoms with Crippen molar-refractivity contribution in [3.63, 3.8) is 0 Å². The average Bonchev–Trinajstić information content (AvgIpc) is 2.81. The number of pyridine rings is 1. The van der Waals surface area contributed by atoms with Gasteiger partial charge in [0.15, 0.2) is 0 Å². The maximum Gasteiger partial charge on any atom is 0.283 e. The Bertz CT molecular complexity index is 402. The summed E-state index contributed by atoms with van der Waals surface area (Å²) in [6, 6.07) is 2.79. The second-order valence-electron chi connectivity index (χ2n) is 3.10. The fourth-order valence-corrected chi connectivity index (χ4v) is 1.37. The van der Waals surface area contributed by atoms with E-state index in [1.807, 2.05) is 0 Å². The largest absolute Gasteiger partial charge is 0.454 e. The van der Waals surface area contributed by atoms with Gasteiger partial charge in [-0.1, -0.05) is 0 Å². The minimum atomic E-state index is -2.61. The lowest BCUT2D eigenvalue weighted by molar-refractivity contribution is -0.0308. The van der Waals surface area contributed by atoms with Crippen LogP contribution >= 0.6 is 0 Å². The normalized spacial score (nSPS) is 15.0. The number of aromatic nitrogens is 1. The highest BCUT2D eigenvalue weighted by Gasteiger charge is 2.25. The number of nitrogens with one attached hydrogen (secondary N) is 1. The van der Waals surface area contributed by atoms with Crippen LogP contribution in [0.25, 0.3) is 0 Å². The van der Waals surface area contributed by atoms with Crippen LogP contribution < -0.4 is 5.32 Å². The number of alkyl halides is 2. The third-order valence-electron chi connectivity index (χ3n) is 2.13. The molecule has 0 spiro atoms. The van der Waals surface area contributed by atoms with E-state index in [0.29, 0.717) is 5.82 Å². The van der Waals surface area contributed by atoms with Gasteiger partial charge in [-0.25, -0.2) is 13.8 Å². The smallest absolute Gasteiger partial charge is 0.283 e. The molecule has 0 aliphatic carbocycles. The van der Waals surface area contributed by atoms with Crippen molar-refractivity contribution < 1.29 is 18.3 Å². The molecule has 0 saturated carbocycles. The van der Waals surface area contributed by atoms with Crippen molar-refractivity contribution in [2.24, 2.45) is 0 Å². The molecule has 0 radical (unpaired) electrons. The zero-order valence-corrected chi connectivity index (χ0v) is 8.48. The molecule has 2 rings (SSSR count). The van der Waals surface area contributed by atoms with Crippen molar-refractivity contribution in [3.05, 3.63) is 35.9 Å². The lowest BCUT2D eigenvalue weighted by Crippen LogP contribution is -2.08. The maximum atomic E-state index is 12.7. The fourth-order valence-electron chi connectivity index (χ4n) is 1.37. The molecule has 1 aliphatic rings. The van der Waals surface area contributed by atoms with Gasteiger partial charge in [-0.15, -0.1) is 0 Å². The van der Waals surface area contributed by atoms with Gasteiger partial charge < -0.3 is 14.8 Å². The Balaban J connectivity index is 2.37. The summed E-state index contributed by atoms with van der Waals surface area (Å²) in [6.45, 7) is 0. The quantitative estimate of drug-likeness (QED) is 0.863. The molecule has 0 bridgehead atoms. The number of hydrogen-bond donors (Lipinski definition) is 1. The van der Waals surface area contributed by atoms with E-state index in [9.17, 15) is 8.78 Å². The summed E-state index contributed by atoms with van der Waals surface area (Å²) in [5.41, 5.74) is -0.0976. The standard InChI is InChI=1S/C10H10F2N2O2/c1-13-7-3-2-6(9(11)12)8(14-7)10-15-4-5-16-10/h2-5,9-10H,1H3,(H,13,14). The summed E-state index contributed by atoms with van der Waals surface area (Å²) in [5.74, 6) is 0.485. The highest BCUT2D eigenvalue weighted by molar-refractivity contribution is 5.39. The predicted octanol–water partition coefficient (Wildman–Crippen LogP) is 2.58. The van der Waals surface area contributed by atoms with Crippen LogP contribution in [0.15, 0.2) is 24.7 Å². The average molecular weight is 228 g/mol. The Hall–Kier alpha value is -1.85. The first-order valence-corrected chi connectivity index (χ1v) is 4.65. The number of nitrogens with zero attached hydrogens (tertiary/aromatic N) is 1. The number of ether oxygens (including phenoxy) is 2. The van der Waals surface area contributed by atoms with E-state index in [2.05, 4.69) is 10.3 Å². The van der Waals surface area contributed by atoms with Gasteiger partial charge in [0.2, 0.25) is 0 Å². The molecular formula is C10H10F2N2O2. The molecule has 86 valence electrons. The third-order valence-corrected chi connectivity index (χ3v) is 2.13. The Morgan fingerprint density at radius 3 is 2.56 bits per heavy atom. The first kappa shape index (κ1) is 10.7. The van der Waals surface area contributed by atoms with Crippen molar-refractivity contribution >= 4 is 5.82 Å². The van der Waals surface area contributed by atoms with Crippen molar-refractivity contribution in [1.82, 2.24) is 4.98 Å².